The summed E-state index contributed by atoms with van der Waals surface area (Å²) in [6.07, 6.45) is 4.86. The van der Waals surface area contributed by atoms with Crippen LogP contribution in [0.2, 0.25) is 0 Å². The molecule has 2 aromatic heterocycles. The second-order valence-electron chi connectivity index (χ2n) is 4.75. The summed E-state index contributed by atoms with van der Waals surface area (Å²) >= 11 is 4.85. The summed E-state index contributed by atoms with van der Waals surface area (Å²) in [5.74, 6) is 0. The Morgan fingerprint density at radius 2 is 2.20 bits per heavy atom. The summed E-state index contributed by atoms with van der Waals surface area (Å²) in [5, 5.41) is 3.96. The van der Waals surface area contributed by atoms with Crippen molar-refractivity contribution in [2.75, 3.05) is 0 Å². The third kappa shape index (κ3) is 2.95. The van der Waals surface area contributed by atoms with Gasteiger partial charge in [-0.15, -0.1) is 0 Å². The summed E-state index contributed by atoms with van der Waals surface area (Å²) in [6.45, 7) is 0.434. The molecule has 1 aliphatic rings. The molecule has 0 aromatic carbocycles. The fraction of sp³-hybridized carbons (Fsp3) is 0.308. The minimum atomic E-state index is -3.49. The molecule has 2 aromatic rings. The number of aromatic nitrogens is 1. The highest BCUT2D eigenvalue weighted by Crippen LogP contribution is 2.34. The Morgan fingerprint density at radius 1 is 1.40 bits per heavy atom. The maximum Gasteiger partial charge on any atom is 0.245 e. The van der Waals surface area contributed by atoms with E-state index in [-0.39, 0.29) is 10.9 Å². The first-order valence-electron chi connectivity index (χ1n) is 6.21. The largest absolute Gasteiger partial charge is 0.262 e. The summed E-state index contributed by atoms with van der Waals surface area (Å²) in [4.78, 5) is 4.20. The molecule has 1 fully saturated rings. The van der Waals surface area contributed by atoms with E-state index in [1.807, 2.05) is 16.8 Å². The topological polar surface area (TPSA) is 50.3 Å². The number of hydrogen-bond donors (Lipinski definition) is 0. The van der Waals surface area contributed by atoms with E-state index in [2.05, 4.69) is 20.9 Å². The minimum Gasteiger partial charge on any atom is -0.262 e. The maximum absolute atomic E-state index is 12.8. The Labute approximate surface area is 130 Å². The van der Waals surface area contributed by atoms with Crippen LogP contribution in [-0.2, 0) is 16.6 Å². The van der Waals surface area contributed by atoms with Gasteiger partial charge in [-0.3, -0.25) is 4.98 Å². The Morgan fingerprint density at radius 3 is 2.80 bits per heavy atom. The molecule has 106 valence electrons. The second-order valence-corrected chi connectivity index (χ2v) is 8.34. The zero-order valence-corrected chi connectivity index (χ0v) is 13.8. The molecule has 2 heterocycles. The van der Waals surface area contributed by atoms with Crippen molar-refractivity contribution in [3.63, 3.8) is 0 Å². The van der Waals surface area contributed by atoms with E-state index in [4.69, 9.17) is 0 Å². The van der Waals surface area contributed by atoms with Crippen LogP contribution in [0.25, 0.3) is 0 Å². The van der Waals surface area contributed by atoms with Crippen molar-refractivity contribution in [3.8, 4) is 0 Å². The predicted octanol–water partition coefficient (Wildman–Crippen LogP) is 3.26. The molecular formula is C13H13BrN2O2S2. The molecule has 20 heavy (non-hydrogen) atoms. The van der Waals surface area contributed by atoms with Crippen LogP contribution in [0.15, 0.2) is 44.7 Å². The van der Waals surface area contributed by atoms with E-state index in [1.165, 1.54) is 6.20 Å². The average molecular weight is 373 g/mol. The van der Waals surface area contributed by atoms with Crippen LogP contribution < -0.4 is 0 Å². The molecular weight excluding hydrogens is 360 g/mol. The molecule has 0 amide bonds. The van der Waals surface area contributed by atoms with Gasteiger partial charge in [0, 0.05) is 29.5 Å². The normalized spacial score (nSPS) is 15.7. The van der Waals surface area contributed by atoms with Crippen molar-refractivity contribution in [2.24, 2.45) is 0 Å². The molecule has 0 aliphatic heterocycles. The minimum absolute atomic E-state index is 0.124. The smallest absolute Gasteiger partial charge is 0.245 e. The third-order valence-electron chi connectivity index (χ3n) is 3.16. The number of pyridine rings is 1. The monoisotopic (exact) mass is 372 g/mol. The first-order valence-corrected chi connectivity index (χ1v) is 9.38. The molecule has 4 nitrogen and oxygen atoms in total. The molecule has 0 spiro atoms. The van der Waals surface area contributed by atoms with Crippen molar-refractivity contribution in [1.29, 1.82) is 0 Å². The number of rotatable bonds is 5. The second kappa shape index (κ2) is 5.55. The van der Waals surface area contributed by atoms with Crippen LogP contribution in [-0.4, -0.2) is 23.7 Å². The van der Waals surface area contributed by atoms with Crippen molar-refractivity contribution in [3.05, 3.63) is 45.3 Å². The Hall–Kier alpha value is -0.760. The van der Waals surface area contributed by atoms with Gasteiger partial charge in [0.1, 0.15) is 4.90 Å². The molecule has 7 heteroatoms. The highest BCUT2D eigenvalue weighted by atomic mass is 79.9. The van der Waals surface area contributed by atoms with E-state index < -0.39 is 10.0 Å². The van der Waals surface area contributed by atoms with Gasteiger partial charge in [-0.25, -0.2) is 8.42 Å². The zero-order chi connectivity index (χ0) is 14.2. The van der Waals surface area contributed by atoms with Gasteiger partial charge in [0.05, 0.1) is 0 Å². The molecule has 0 bridgehead atoms. The van der Waals surface area contributed by atoms with Crippen LogP contribution in [0, 0.1) is 0 Å². The van der Waals surface area contributed by atoms with E-state index in [0.29, 0.717) is 11.0 Å². The van der Waals surface area contributed by atoms with Gasteiger partial charge < -0.3 is 0 Å². The molecule has 0 atom stereocenters. The zero-order valence-electron chi connectivity index (χ0n) is 10.6. The van der Waals surface area contributed by atoms with Crippen LogP contribution in [0.5, 0.6) is 0 Å². The lowest BCUT2D eigenvalue weighted by atomic mass is 10.3. The molecule has 0 radical (unpaired) electrons. The fourth-order valence-corrected chi connectivity index (χ4v) is 4.84. The van der Waals surface area contributed by atoms with Gasteiger partial charge in [-0.2, -0.15) is 15.6 Å². The van der Waals surface area contributed by atoms with Crippen molar-refractivity contribution in [2.45, 2.75) is 30.3 Å². The van der Waals surface area contributed by atoms with Gasteiger partial charge in [0.15, 0.2) is 0 Å². The fourth-order valence-electron chi connectivity index (χ4n) is 2.00. The number of sulfonamides is 1. The van der Waals surface area contributed by atoms with Gasteiger partial charge in [-0.05, 0) is 57.2 Å². The predicted molar refractivity (Wildman–Crippen MR) is 82.0 cm³/mol. The highest BCUT2D eigenvalue weighted by molar-refractivity contribution is 9.10. The van der Waals surface area contributed by atoms with Crippen molar-refractivity contribution in [1.82, 2.24) is 9.29 Å². The lowest BCUT2D eigenvalue weighted by molar-refractivity contribution is 0.399. The Bertz CT molecular complexity index is 697. The molecule has 1 saturated carbocycles. The molecule has 0 saturated heterocycles. The summed E-state index contributed by atoms with van der Waals surface area (Å²) in [7, 11) is -3.49. The first kappa shape index (κ1) is 14.2. The molecule has 0 N–H and O–H groups in total. The van der Waals surface area contributed by atoms with Crippen molar-refractivity contribution < 1.29 is 8.42 Å². The quantitative estimate of drug-likeness (QED) is 0.809. The third-order valence-corrected chi connectivity index (χ3v) is 6.19. The van der Waals surface area contributed by atoms with E-state index in [1.54, 1.807) is 27.9 Å². The number of thiophene rings is 1. The van der Waals surface area contributed by atoms with Gasteiger partial charge >= 0.3 is 0 Å². The summed E-state index contributed by atoms with van der Waals surface area (Å²) in [6, 6.07) is 3.69. The first-order chi connectivity index (χ1) is 9.57. The number of nitrogens with zero attached hydrogens (tertiary/aromatic N) is 2. The lowest BCUT2D eigenvalue weighted by Crippen LogP contribution is -2.32. The Balaban J connectivity index is 1.94. The molecule has 3 rings (SSSR count). The SMILES string of the molecule is O=S(=O)(c1cncc(Br)c1)N(Cc1ccsc1)C1CC1. The van der Waals surface area contributed by atoms with Crippen LogP contribution >= 0.6 is 27.3 Å². The van der Waals surface area contributed by atoms with E-state index >= 15 is 0 Å². The number of halogens is 1. The van der Waals surface area contributed by atoms with Crippen molar-refractivity contribution >= 4 is 37.3 Å². The number of hydrogen-bond acceptors (Lipinski definition) is 4. The van der Waals surface area contributed by atoms with Gasteiger partial charge in [0.25, 0.3) is 0 Å². The lowest BCUT2D eigenvalue weighted by Gasteiger charge is -2.21. The molecule has 1 aliphatic carbocycles. The van der Waals surface area contributed by atoms with Crippen LogP contribution in [0.1, 0.15) is 18.4 Å². The molecule has 0 unspecified atom stereocenters. The van der Waals surface area contributed by atoms with E-state index in [9.17, 15) is 8.42 Å². The Kier molecular flexibility index (Phi) is 3.94. The van der Waals surface area contributed by atoms with Gasteiger partial charge in [-0.1, -0.05) is 0 Å². The summed E-state index contributed by atoms with van der Waals surface area (Å²) in [5.41, 5.74) is 1.04. The maximum atomic E-state index is 12.8. The highest BCUT2D eigenvalue weighted by Gasteiger charge is 2.38. The summed E-state index contributed by atoms with van der Waals surface area (Å²) < 4.78 is 27.8. The average Bonchev–Trinajstić information content (AvgIpc) is 3.12. The van der Waals surface area contributed by atoms with E-state index in [0.717, 1.165) is 18.4 Å². The van der Waals surface area contributed by atoms with Gasteiger partial charge in [0.2, 0.25) is 10.0 Å². The van der Waals surface area contributed by atoms with Crippen LogP contribution in [0.3, 0.4) is 0 Å². The standard InChI is InChI=1S/C13H13BrN2O2S2/c14-11-5-13(7-15-6-11)20(17,18)16(12-1-2-12)8-10-3-4-19-9-10/h3-7,9,12H,1-2,8H2. The van der Waals surface area contributed by atoms with Crippen LogP contribution in [0.4, 0.5) is 0 Å².